The molecule has 0 bridgehead atoms. The quantitative estimate of drug-likeness (QED) is 0.183. The van der Waals surface area contributed by atoms with Crippen LogP contribution in [0, 0.1) is 0 Å². The monoisotopic (exact) mass is 717 g/mol. The molecule has 2 aromatic heterocycles. The fraction of sp³-hybridized carbons (Fsp3) is 0.0196. The van der Waals surface area contributed by atoms with Gasteiger partial charge in [0.25, 0.3) is 0 Å². The molecule has 0 saturated carbocycles. The van der Waals surface area contributed by atoms with Crippen LogP contribution < -0.4 is 5.32 Å². The number of amidine groups is 2. The van der Waals surface area contributed by atoms with Crippen molar-refractivity contribution in [1.82, 2.24) is 14.5 Å². The third-order valence-electron chi connectivity index (χ3n) is 11.0. The molecule has 8 aromatic carbocycles. The van der Waals surface area contributed by atoms with Gasteiger partial charge in [0.2, 0.25) is 6.29 Å². The van der Waals surface area contributed by atoms with Gasteiger partial charge in [-0.15, -0.1) is 0 Å². The number of hydrogen-bond donors (Lipinski definition) is 1. The zero-order chi connectivity index (χ0) is 37.0. The predicted molar refractivity (Wildman–Crippen MR) is 233 cm³/mol. The van der Waals surface area contributed by atoms with Crippen molar-refractivity contribution in [2.75, 3.05) is 0 Å². The lowest BCUT2D eigenvalue weighted by atomic mass is 10.0. The van der Waals surface area contributed by atoms with Crippen LogP contribution in [-0.2, 0) is 0 Å². The maximum absolute atomic E-state index is 5.51. The summed E-state index contributed by atoms with van der Waals surface area (Å²) in [6, 6.07) is 70.8. The normalized spacial score (nSPS) is 14.2. The predicted octanol–water partition coefficient (Wildman–Crippen LogP) is 12.2. The minimum absolute atomic E-state index is 0.509. The van der Waals surface area contributed by atoms with Crippen molar-refractivity contribution in [2.45, 2.75) is 6.29 Å². The van der Waals surface area contributed by atoms with Gasteiger partial charge < -0.3 is 9.88 Å². The highest BCUT2D eigenvalue weighted by Gasteiger charge is 2.27. The Labute approximate surface area is 324 Å². The van der Waals surface area contributed by atoms with E-state index in [1.807, 2.05) is 0 Å². The first kappa shape index (κ1) is 32.0. The number of nitrogens with one attached hydrogen (secondary N) is 1. The molecule has 0 amide bonds. The molecule has 5 heteroatoms. The highest BCUT2D eigenvalue weighted by atomic mass is 15.3. The molecule has 0 saturated heterocycles. The Kier molecular flexibility index (Phi) is 7.49. The number of aromatic nitrogens is 2. The van der Waals surface area contributed by atoms with E-state index in [9.17, 15) is 0 Å². The molecule has 1 aliphatic rings. The van der Waals surface area contributed by atoms with E-state index in [1.54, 1.807) is 0 Å². The zero-order valence-corrected chi connectivity index (χ0v) is 30.4. The number of benzene rings is 8. The number of rotatable bonds is 6. The fourth-order valence-corrected chi connectivity index (χ4v) is 8.44. The van der Waals surface area contributed by atoms with Gasteiger partial charge in [-0.25, -0.2) is 9.98 Å². The molecule has 1 unspecified atom stereocenters. The van der Waals surface area contributed by atoms with Gasteiger partial charge in [0.1, 0.15) is 5.84 Å². The molecule has 0 fully saturated rings. The van der Waals surface area contributed by atoms with Crippen LogP contribution in [0.15, 0.2) is 210 Å². The molecule has 5 nitrogen and oxygen atoms in total. The Morgan fingerprint density at radius 3 is 1.68 bits per heavy atom. The van der Waals surface area contributed by atoms with Gasteiger partial charge >= 0.3 is 0 Å². The summed E-state index contributed by atoms with van der Waals surface area (Å²) in [6.07, 6.45) is -0.509. The molecule has 1 N–H and O–H groups in total. The van der Waals surface area contributed by atoms with Crippen LogP contribution in [0.3, 0.4) is 0 Å². The summed E-state index contributed by atoms with van der Waals surface area (Å²) in [5.74, 6) is 1.45. The van der Waals surface area contributed by atoms with Crippen molar-refractivity contribution in [2.24, 2.45) is 9.98 Å². The highest BCUT2D eigenvalue weighted by Crippen LogP contribution is 2.42. The first-order chi connectivity index (χ1) is 27.8. The number of para-hydroxylation sites is 3. The van der Waals surface area contributed by atoms with Gasteiger partial charge in [-0.05, 0) is 64.7 Å². The maximum Gasteiger partial charge on any atom is 0.204 e. The first-order valence-electron chi connectivity index (χ1n) is 19.0. The molecule has 3 heterocycles. The van der Waals surface area contributed by atoms with Crippen LogP contribution in [0.1, 0.15) is 17.4 Å². The SMILES string of the molecule is c1ccc(-c2cccc(C3=NC(n4c5ccccc5c5ccc6c(c7ccccc7n6-c6ccccc6)c54)NC(c4cccc(-c5ccccc5)c4)=N3)c2)cc1. The lowest BCUT2D eigenvalue weighted by Crippen LogP contribution is -2.36. The second kappa shape index (κ2) is 13.1. The topological polar surface area (TPSA) is 46.6 Å². The van der Waals surface area contributed by atoms with Crippen LogP contribution in [-0.4, -0.2) is 20.8 Å². The summed E-state index contributed by atoms with van der Waals surface area (Å²) >= 11 is 0. The van der Waals surface area contributed by atoms with Crippen molar-refractivity contribution < 1.29 is 0 Å². The van der Waals surface area contributed by atoms with Crippen molar-refractivity contribution in [3.05, 3.63) is 211 Å². The molecule has 11 rings (SSSR count). The van der Waals surface area contributed by atoms with E-state index < -0.39 is 6.29 Å². The average Bonchev–Trinajstić information content (AvgIpc) is 3.80. The van der Waals surface area contributed by atoms with Crippen molar-refractivity contribution >= 4 is 55.3 Å². The lowest BCUT2D eigenvalue weighted by molar-refractivity contribution is 0.516. The average molecular weight is 718 g/mol. The zero-order valence-electron chi connectivity index (χ0n) is 30.4. The van der Waals surface area contributed by atoms with Crippen molar-refractivity contribution in [3.8, 4) is 27.9 Å². The second-order valence-electron chi connectivity index (χ2n) is 14.3. The summed E-state index contributed by atoms with van der Waals surface area (Å²) in [5.41, 5.74) is 12.2. The van der Waals surface area contributed by atoms with E-state index in [2.05, 4.69) is 215 Å². The fourth-order valence-electron chi connectivity index (χ4n) is 8.44. The largest absolute Gasteiger partial charge is 0.331 e. The van der Waals surface area contributed by atoms with E-state index in [1.165, 1.54) is 21.5 Å². The van der Waals surface area contributed by atoms with Gasteiger partial charge in [0.05, 0.1) is 22.1 Å². The van der Waals surface area contributed by atoms with Crippen LogP contribution in [0.4, 0.5) is 0 Å². The van der Waals surface area contributed by atoms with Gasteiger partial charge in [-0.3, -0.25) is 4.57 Å². The Morgan fingerprint density at radius 1 is 0.411 bits per heavy atom. The summed E-state index contributed by atoms with van der Waals surface area (Å²) in [6.45, 7) is 0. The van der Waals surface area contributed by atoms with Crippen LogP contribution in [0.25, 0.3) is 71.6 Å². The van der Waals surface area contributed by atoms with E-state index in [0.717, 1.165) is 67.0 Å². The third-order valence-corrected chi connectivity index (χ3v) is 11.0. The summed E-state index contributed by atoms with van der Waals surface area (Å²) in [7, 11) is 0. The van der Waals surface area contributed by atoms with Crippen molar-refractivity contribution in [1.29, 1.82) is 0 Å². The van der Waals surface area contributed by atoms with Crippen LogP contribution >= 0.6 is 0 Å². The lowest BCUT2D eigenvalue weighted by Gasteiger charge is -2.26. The number of aliphatic imine (C=N–C) groups is 2. The second-order valence-corrected chi connectivity index (χ2v) is 14.3. The van der Waals surface area contributed by atoms with Gasteiger partial charge in [0.15, 0.2) is 5.84 Å². The number of hydrogen-bond acceptors (Lipinski definition) is 3. The van der Waals surface area contributed by atoms with Gasteiger partial charge in [-0.2, -0.15) is 0 Å². The van der Waals surface area contributed by atoms with Gasteiger partial charge in [-0.1, -0.05) is 158 Å². The van der Waals surface area contributed by atoms with E-state index in [0.29, 0.717) is 5.84 Å². The molecule has 0 spiro atoms. The van der Waals surface area contributed by atoms with E-state index in [4.69, 9.17) is 9.98 Å². The molecule has 1 aliphatic heterocycles. The highest BCUT2D eigenvalue weighted by molar-refractivity contribution is 6.26. The molecule has 1 atom stereocenters. The minimum Gasteiger partial charge on any atom is -0.331 e. The van der Waals surface area contributed by atoms with Gasteiger partial charge in [0, 0.05) is 38.4 Å². The number of nitrogens with zero attached hydrogens (tertiary/aromatic N) is 4. The molecule has 10 aromatic rings. The Hall–Kier alpha value is -7.50. The van der Waals surface area contributed by atoms with E-state index >= 15 is 0 Å². The number of fused-ring (bicyclic) bond motifs is 7. The smallest absolute Gasteiger partial charge is 0.204 e. The molecule has 56 heavy (non-hydrogen) atoms. The summed E-state index contributed by atoms with van der Waals surface area (Å²) in [5, 5.41) is 8.60. The summed E-state index contributed by atoms with van der Waals surface area (Å²) < 4.78 is 4.78. The standard InChI is InChI=1S/C51H35N5/c1-4-16-34(17-5-1)36-20-14-22-38(32-36)49-52-50(39-23-15-21-37(33-39)35-18-6-2-7-19-35)54-51(53-49)56-44-28-12-10-26-41(44)42-30-31-46-47(48(42)56)43-27-11-13-29-45(43)55(46)40-24-8-3-9-25-40/h1-33,51H,(H,52,53,54). The maximum atomic E-state index is 5.51. The Balaban J connectivity index is 1.18. The third kappa shape index (κ3) is 5.24. The molecular formula is C51H35N5. The van der Waals surface area contributed by atoms with E-state index in [-0.39, 0.29) is 0 Å². The van der Waals surface area contributed by atoms with Crippen LogP contribution in [0.2, 0.25) is 0 Å². The summed E-state index contributed by atoms with van der Waals surface area (Å²) in [4.78, 5) is 10.8. The molecule has 0 radical (unpaired) electrons. The first-order valence-corrected chi connectivity index (χ1v) is 19.0. The minimum atomic E-state index is -0.509. The molecule has 0 aliphatic carbocycles. The molecular weight excluding hydrogens is 683 g/mol. The Morgan fingerprint density at radius 2 is 0.964 bits per heavy atom. The van der Waals surface area contributed by atoms with Crippen molar-refractivity contribution in [3.63, 3.8) is 0 Å². The molecule has 264 valence electrons. The Bertz CT molecular complexity index is 3150. The van der Waals surface area contributed by atoms with Crippen LogP contribution in [0.5, 0.6) is 0 Å².